The average Bonchev–Trinajstić information content (AvgIpc) is 2.38. The van der Waals surface area contributed by atoms with Crippen LogP contribution in [0.3, 0.4) is 0 Å². The van der Waals surface area contributed by atoms with E-state index in [4.69, 9.17) is 0 Å². The van der Waals surface area contributed by atoms with Gasteiger partial charge in [0.15, 0.2) is 0 Å². The van der Waals surface area contributed by atoms with Crippen molar-refractivity contribution in [3.63, 3.8) is 0 Å². The predicted octanol–water partition coefficient (Wildman–Crippen LogP) is 2.58. The first-order valence-corrected chi connectivity index (χ1v) is 6.85. The van der Waals surface area contributed by atoms with Gasteiger partial charge in [0.1, 0.15) is 0 Å². The molecule has 1 amide bonds. The number of carbonyl (C=O) groups excluding carboxylic acids is 1. The highest BCUT2D eigenvalue weighted by Crippen LogP contribution is 2.28. The van der Waals surface area contributed by atoms with Gasteiger partial charge in [0, 0.05) is 12.5 Å². The fraction of sp³-hybridized carbons (Fsp3) is 0.500. The van der Waals surface area contributed by atoms with Crippen molar-refractivity contribution < 1.29 is 14.7 Å². The van der Waals surface area contributed by atoms with E-state index in [2.05, 4.69) is 5.32 Å². The first kappa shape index (κ1) is 16.2. The third-order valence-electron chi connectivity index (χ3n) is 3.79. The summed E-state index contributed by atoms with van der Waals surface area (Å²) in [5.74, 6) is -0.914. The maximum Gasteiger partial charge on any atom is 0.314 e. The van der Waals surface area contributed by atoms with Crippen LogP contribution in [0.15, 0.2) is 30.3 Å². The summed E-state index contributed by atoms with van der Waals surface area (Å²) in [6.45, 7) is 7.53. The summed E-state index contributed by atoms with van der Waals surface area (Å²) < 4.78 is 0. The largest absolute Gasteiger partial charge is 0.481 e. The van der Waals surface area contributed by atoms with Crippen molar-refractivity contribution >= 4 is 11.9 Å². The molecule has 1 rings (SSSR count). The Kier molecular flexibility index (Phi) is 5.31. The summed E-state index contributed by atoms with van der Waals surface area (Å²) in [4.78, 5) is 23.7. The number of carboxylic acids is 1. The molecule has 2 unspecified atom stereocenters. The highest BCUT2D eigenvalue weighted by molar-refractivity contribution is 5.89. The van der Waals surface area contributed by atoms with Crippen LogP contribution in [0.5, 0.6) is 0 Å². The smallest absolute Gasteiger partial charge is 0.314 e. The number of carboxylic acid groups (broad SMARTS) is 1. The fourth-order valence-electron chi connectivity index (χ4n) is 1.90. The second kappa shape index (κ2) is 6.55. The summed E-state index contributed by atoms with van der Waals surface area (Å²) in [5.41, 5.74) is -0.568. The monoisotopic (exact) mass is 277 g/mol. The number of hydrogen-bond acceptors (Lipinski definition) is 2. The first-order chi connectivity index (χ1) is 9.27. The van der Waals surface area contributed by atoms with Gasteiger partial charge in [0.25, 0.3) is 0 Å². The zero-order valence-corrected chi connectivity index (χ0v) is 12.5. The van der Waals surface area contributed by atoms with Gasteiger partial charge in [-0.1, -0.05) is 44.2 Å². The van der Waals surface area contributed by atoms with Gasteiger partial charge in [0.2, 0.25) is 5.91 Å². The van der Waals surface area contributed by atoms with E-state index in [1.165, 1.54) is 0 Å². The molecule has 0 aromatic heterocycles. The topological polar surface area (TPSA) is 66.4 Å². The molecular formula is C16H23NO3. The van der Waals surface area contributed by atoms with E-state index in [0.29, 0.717) is 11.5 Å². The number of amides is 1. The first-order valence-electron chi connectivity index (χ1n) is 6.85. The number of carbonyl (C=O) groups is 2. The van der Waals surface area contributed by atoms with Crippen molar-refractivity contribution in [2.45, 2.75) is 45.6 Å². The van der Waals surface area contributed by atoms with Crippen LogP contribution in [0, 0.1) is 5.92 Å². The molecular weight excluding hydrogens is 254 g/mol. The van der Waals surface area contributed by atoms with Crippen molar-refractivity contribution in [1.29, 1.82) is 0 Å². The van der Waals surface area contributed by atoms with Crippen molar-refractivity contribution in [2.24, 2.45) is 5.92 Å². The Morgan fingerprint density at radius 2 is 1.75 bits per heavy atom. The number of nitrogens with one attached hydrogen (secondary N) is 1. The molecule has 0 saturated carbocycles. The van der Waals surface area contributed by atoms with E-state index in [-0.39, 0.29) is 18.4 Å². The Labute approximate surface area is 120 Å². The molecule has 1 aromatic carbocycles. The number of rotatable bonds is 6. The molecule has 4 nitrogen and oxygen atoms in total. The molecule has 2 atom stereocenters. The number of benzene rings is 1. The molecule has 20 heavy (non-hydrogen) atoms. The van der Waals surface area contributed by atoms with E-state index in [0.717, 1.165) is 0 Å². The zero-order chi connectivity index (χ0) is 15.3. The van der Waals surface area contributed by atoms with Crippen LogP contribution in [-0.2, 0) is 15.0 Å². The Balaban J connectivity index is 2.89. The average molecular weight is 277 g/mol. The third-order valence-corrected chi connectivity index (χ3v) is 3.79. The second-order valence-electron chi connectivity index (χ2n) is 5.78. The normalized spacial score (nSPS) is 15.4. The molecule has 0 fully saturated rings. The highest BCUT2D eigenvalue weighted by Gasteiger charge is 2.37. The van der Waals surface area contributed by atoms with Crippen molar-refractivity contribution in [3.05, 3.63) is 35.9 Å². The lowest BCUT2D eigenvalue weighted by atomic mass is 9.79. The van der Waals surface area contributed by atoms with Crippen LogP contribution in [0.4, 0.5) is 0 Å². The van der Waals surface area contributed by atoms with Crippen molar-refractivity contribution in [1.82, 2.24) is 5.32 Å². The molecule has 0 radical (unpaired) electrons. The Morgan fingerprint density at radius 1 is 1.20 bits per heavy atom. The lowest BCUT2D eigenvalue weighted by Gasteiger charge is -2.26. The molecule has 0 bridgehead atoms. The maximum absolute atomic E-state index is 12.1. The van der Waals surface area contributed by atoms with Gasteiger partial charge in [-0.15, -0.1) is 0 Å². The van der Waals surface area contributed by atoms with Crippen LogP contribution in [0.1, 0.15) is 39.7 Å². The molecule has 110 valence electrons. The van der Waals surface area contributed by atoms with Gasteiger partial charge < -0.3 is 10.4 Å². The van der Waals surface area contributed by atoms with Crippen LogP contribution >= 0.6 is 0 Å². The predicted molar refractivity (Wildman–Crippen MR) is 78.5 cm³/mol. The molecule has 1 aromatic rings. The van der Waals surface area contributed by atoms with Gasteiger partial charge in [-0.2, -0.15) is 0 Å². The lowest BCUT2D eigenvalue weighted by Crippen LogP contribution is -2.42. The summed E-state index contributed by atoms with van der Waals surface area (Å²) in [6.07, 6.45) is -0.0661. The standard InChI is InChI=1S/C16H23NO3/c1-11(2)12(3)17-14(18)10-16(4,15(19)20)13-8-6-5-7-9-13/h5-9,11-12H,10H2,1-4H3,(H,17,18)(H,19,20). The summed E-state index contributed by atoms with van der Waals surface area (Å²) in [6, 6.07) is 8.90. The van der Waals surface area contributed by atoms with Gasteiger partial charge >= 0.3 is 5.97 Å². The summed E-state index contributed by atoms with van der Waals surface area (Å²) in [7, 11) is 0. The minimum absolute atomic E-state index is 0.0244. The minimum atomic E-state index is -1.21. The summed E-state index contributed by atoms with van der Waals surface area (Å²) >= 11 is 0. The van der Waals surface area contributed by atoms with E-state index < -0.39 is 11.4 Å². The molecule has 0 heterocycles. The quantitative estimate of drug-likeness (QED) is 0.840. The van der Waals surface area contributed by atoms with Crippen LogP contribution in [0.2, 0.25) is 0 Å². The molecule has 4 heteroatoms. The second-order valence-corrected chi connectivity index (χ2v) is 5.78. The van der Waals surface area contributed by atoms with Gasteiger partial charge in [0.05, 0.1) is 5.41 Å². The van der Waals surface area contributed by atoms with E-state index in [1.807, 2.05) is 26.8 Å². The maximum atomic E-state index is 12.1. The van der Waals surface area contributed by atoms with Crippen LogP contribution in [0.25, 0.3) is 0 Å². The Bertz CT molecular complexity index is 470. The minimum Gasteiger partial charge on any atom is -0.481 e. The van der Waals surface area contributed by atoms with Gasteiger partial charge in [-0.25, -0.2) is 0 Å². The number of aliphatic carboxylic acids is 1. The fourth-order valence-corrected chi connectivity index (χ4v) is 1.90. The zero-order valence-electron chi connectivity index (χ0n) is 12.5. The SMILES string of the molecule is CC(C)C(C)NC(=O)CC(C)(C(=O)O)c1ccccc1. The van der Waals surface area contributed by atoms with Crippen molar-refractivity contribution in [2.75, 3.05) is 0 Å². The van der Waals surface area contributed by atoms with E-state index in [9.17, 15) is 14.7 Å². The van der Waals surface area contributed by atoms with Crippen LogP contribution < -0.4 is 5.32 Å². The molecule has 0 aliphatic carbocycles. The van der Waals surface area contributed by atoms with E-state index in [1.54, 1.807) is 31.2 Å². The van der Waals surface area contributed by atoms with E-state index >= 15 is 0 Å². The summed E-state index contributed by atoms with van der Waals surface area (Å²) in [5, 5.41) is 12.4. The third kappa shape index (κ3) is 3.83. The van der Waals surface area contributed by atoms with Crippen molar-refractivity contribution in [3.8, 4) is 0 Å². The molecule has 0 spiro atoms. The molecule has 0 aliphatic rings. The lowest BCUT2D eigenvalue weighted by molar-refractivity contribution is -0.145. The molecule has 0 saturated heterocycles. The molecule has 0 aliphatic heterocycles. The Morgan fingerprint density at radius 3 is 2.20 bits per heavy atom. The van der Waals surface area contributed by atoms with Gasteiger partial charge in [-0.05, 0) is 25.3 Å². The number of hydrogen-bond donors (Lipinski definition) is 2. The highest BCUT2D eigenvalue weighted by atomic mass is 16.4. The van der Waals surface area contributed by atoms with Gasteiger partial charge in [-0.3, -0.25) is 9.59 Å². The Hall–Kier alpha value is -1.84. The molecule has 2 N–H and O–H groups in total. The van der Waals surface area contributed by atoms with Crippen LogP contribution in [-0.4, -0.2) is 23.0 Å².